The van der Waals surface area contributed by atoms with Crippen molar-refractivity contribution in [2.45, 2.75) is 4.90 Å². The lowest BCUT2D eigenvalue weighted by molar-refractivity contribution is 0.0938. The number of allylic oxidation sites excluding steroid dienone is 4. The second-order valence-corrected chi connectivity index (χ2v) is 8.75. The summed E-state index contributed by atoms with van der Waals surface area (Å²) in [5, 5.41) is 6.41. The largest absolute Gasteiger partial charge is 0.453 e. The lowest BCUT2D eigenvalue weighted by Gasteiger charge is -2.15. The van der Waals surface area contributed by atoms with Crippen molar-refractivity contribution in [3.63, 3.8) is 0 Å². The monoisotopic (exact) mass is 459 g/mol. The van der Waals surface area contributed by atoms with Gasteiger partial charge in [-0.1, -0.05) is 12.2 Å². The maximum absolute atomic E-state index is 12.7. The van der Waals surface area contributed by atoms with Gasteiger partial charge >= 0.3 is 6.09 Å². The Hall–Kier alpha value is -3.70. The van der Waals surface area contributed by atoms with Crippen molar-refractivity contribution in [3.8, 4) is 0 Å². The molecule has 0 spiro atoms. The van der Waals surface area contributed by atoms with E-state index >= 15 is 0 Å². The number of thiophene rings is 1. The number of alkyl carbamates (subject to hydrolysis) is 1. The number of methoxy groups -OCH3 is 1. The van der Waals surface area contributed by atoms with E-state index in [0.29, 0.717) is 0 Å². The maximum atomic E-state index is 12.7. The molecule has 0 radical (unpaired) electrons. The molecule has 1 aliphatic heterocycles. The number of carbonyl (C=O) groups is 3. The van der Waals surface area contributed by atoms with Crippen LogP contribution in [0.2, 0.25) is 0 Å². The zero-order chi connectivity index (χ0) is 22.4. The molecule has 0 bridgehead atoms. The van der Waals surface area contributed by atoms with Gasteiger partial charge < -0.3 is 10.1 Å². The van der Waals surface area contributed by atoms with Crippen molar-refractivity contribution in [2.75, 3.05) is 12.4 Å². The molecule has 0 aliphatic carbocycles. The third-order valence-electron chi connectivity index (χ3n) is 4.03. The number of carbonyl (C=O) groups excluding carboxylic acids is 3. The molecule has 2 N–H and O–H groups in total. The summed E-state index contributed by atoms with van der Waals surface area (Å²) in [6.07, 6.45) is 8.48. The van der Waals surface area contributed by atoms with Crippen LogP contribution >= 0.6 is 11.3 Å². The Labute approximate surface area is 182 Å². The van der Waals surface area contributed by atoms with Gasteiger partial charge in [0.25, 0.3) is 21.8 Å². The fourth-order valence-electron chi connectivity index (χ4n) is 2.48. The summed E-state index contributed by atoms with van der Waals surface area (Å²) in [6.45, 7) is 0. The molecule has 0 atom stereocenters. The van der Waals surface area contributed by atoms with Crippen molar-refractivity contribution in [3.05, 3.63) is 83.5 Å². The van der Waals surface area contributed by atoms with Gasteiger partial charge in [0.15, 0.2) is 0 Å². The summed E-state index contributed by atoms with van der Waals surface area (Å²) in [4.78, 5) is 35.9. The number of imide groups is 1. The Bertz CT molecular complexity index is 1180. The fraction of sp³-hybridized carbons (Fsp3) is 0.0500. The number of amides is 3. The van der Waals surface area contributed by atoms with Crippen LogP contribution in [0.4, 0.5) is 9.80 Å². The van der Waals surface area contributed by atoms with Crippen LogP contribution < -0.4 is 10.6 Å². The number of benzene rings is 1. The molecule has 1 aromatic heterocycles. The molecular weight excluding hydrogens is 442 g/mol. The fourth-order valence-corrected chi connectivity index (χ4v) is 4.44. The highest BCUT2D eigenvalue weighted by Crippen LogP contribution is 2.24. The van der Waals surface area contributed by atoms with Crippen LogP contribution in [0.5, 0.6) is 0 Å². The van der Waals surface area contributed by atoms with Gasteiger partial charge in [-0.2, -0.15) is 0 Å². The zero-order valence-electron chi connectivity index (χ0n) is 16.1. The van der Waals surface area contributed by atoms with Crippen LogP contribution in [-0.2, 0) is 14.8 Å². The van der Waals surface area contributed by atoms with Crippen LogP contribution in [0.3, 0.4) is 0 Å². The van der Waals surface area contributed by atoms with E-state index in [4.69, 9.17) is 0 Å². The first-order valence-corrected chi connectivity index (χ1v) is 11.1. The molecule has 0 fully saturated rings. The smallest absolute Gasteiger partial charge is 0.413 e. The highest BCUT2D eigenvalue weighted by molar-refractivity contribution is 7.89. The summed E-state index contributed by atoms with van der Waals surface area (Å²) in [5.41, 5.74) is 0.284. The van der Waals surface area contributed by atoms with Gasteiger partial charge in [0.1, 0.15) is 5.00 Å². The normalized spacial score (nSPS) is 12.9. The minimum Gasteiger partial charge on any atom is -0.453 e. The Balaban J connectivity index is 1.74. The molecule has 3 rings (SSSR count). The van der Waals surface area contributed by atoms with E-state index in [1.807, 2.05) is 5.32 Å². The van der Waals surface area contributed by atoms with Crippen LogP contribution in [-0.4, -0.2) is 37.7 Å². The first-order valence-electron chi connectivity index (χ1n) is 8.76. The molecule has 2 heterocycles. The molecule has 1 aliphatic rings. The van der Waals surface area contributed by atoms with E-state index in [1.165, 1.54) is 42.7 Å². The molecule has 1 aromatic carbocycles. The van der Waals surface area contributed by atoms with Crippen molar-refractivity contribution in [2.24, 2.45) is 0 Å². The Morgan fingerprint density at radius 1 is 0.935 bits per heavy atom. The molecule has 11 heteroatoms. The second kappa shape index (κ2) is 9.41. The van der Waals surface area contributed by atoms with Gasteiger partial charge in [-0.25, -0.2) is 17.5 Å². The summed E-state index contributed by atoms with van der Waals surface area (Å²) in [7, 11) is -2.69. The average Bonchev–Trinajstić information content (AvgIpc) is 3.04. The van der Waals surface area contributed by atoms with Crippen molar-refractivity contribution in [1.82, 2.24) is 9.62 Å². The standard InChI is InChI=1S/C20H17N3O6S2/c1-29-20(26)22-18(25)16-10-13-30-19(16)21-17(24)14-6-8-15(9-7-14)31(27,28)23-11-4-2-3-5-12-23/h2-13H,1H3,(H,21,24)(H,22,25,26). The first kappa shape index (κ1) is 22.0. The number of sulfonamides is 1. The van der Waals surface area contributed by atoms with Crippen molar-refractivity contribution in [1.29, 1.82) is 0 Å². The lowest BCUT2D eigenvalue weighted by Crippen LogP contribution is -2.30. The highest BCUT2D eigenvalue weighted by atomic mass is 32.2. The summed E-state index contributed by atoms with van der Waals surface area (Å²) in [6, 6.07) is 6.83. The highest BCUT2D eigenvalue weighted by Gasteiger charge is 2.21. The molecule has 160 valence electrons. The topological polar surface area (TPSA) is 122 Å². The predicted molar refractivity (Wildman–Crippen MR) is 115 cm³/mol. The summed E-state index contributed by atoms with van der Waals surface area (Å²) < 4.78 is 30.9. The van der Waals surface area contributed by atoms with E-state index in [-0.39, 0.29) is 21.0 Å². The second-order valence-electron chi connectivity index (χ2n) is 5.99. The Morgan fingerprint density at radius 2 is 1.58 bits per heavy atom. The molecule has 3 amide bonds. The van der Waals surface area contributed by atoms with Crippen LogP contribution in [0.1, 0.15) is 20.7 Å². The van der Waals surface area contributed by atoms with Gasteiger partial charge in [-0.05, 0) is 47.9 Å². The summed E-state index contributed by atoms with van der Waals surface area (Å²) in [5.74, 6) is -1.27. The first-order chi connectivity index (χ1) is 14.8. The van der Waals surface area contributed by atoms with Gasteiger partial charge in [0.05, 0.1) is 17.6 Å². The van der Waals surface area contributed by atoms with Crippen molar-refractivity contribution >= 4 is 44.3 Å². The third-order valence-corrected chi connectivity index (χ3v) is 6.53. The Kier molecular flexibility index (Phi) is 6.68. The molecular formula is C20H17N3O6S2. The molecule has 9 nitrogen and oxygen atoms in total. The number of nitrogens with zero attached hydrogens (tertiary/aromatic N) is 1. The predicted octanol–water partition coefficient (Wildman–Crippen LogP) is 3.08. The number of ether oxygens (including phenoxy) is 1. The zero-order valence-corrected chi connectivity index (χ0v) is 17.8. The number of nitrogens with one attached hydrogen (secondary N) is 2. The number of rotatable bonds is 5. The molecule has 0 saturated carbocycles. The molecule has 0 saturated heterocycles. The van der Waals surface area contributed by atoms with Gasteiger partial charge in [-0.15, -0.1) is 11.3 Å². The van der Waals surface area contributed by atoms with Crippen LogP contribution in [0.15, 0.2) is 77.3 Å². The SMILES string of the molecule is COC(=O)NC(=O)c1ccsc1NC(=O)c1ccc(S(=O)(=O)N2C=CC=CC=C2)cc1. The van der Waals surface area contributed by atoms with E-state index in [2.05, 4.69) is 10.1 Å². The van der Waals surface area contributed by atoms with Gasteiger partial charge in [0.2, 0.25) is 0 Å². The Morgan fingerprint density at radius 3 is 2.19 bits per heavy atom. The molecule has 31 heavy (non-hydrogen) atoms. The number of hydrogen-bond acceptors (Lipinski definition) is 7. The van der Waals surface area contributed by atoms with E-state index < -0.39 is 27.9 Å². The van der Waals surface area contributed by atoms with Gasteiger partial charge in [0, 0.05) is 18.0 Å². The lowest BCUT2D eigenvalue weighted by atomic mass is 10.2. The van der Waals surface area contributed by atoms with Gasteiger partial charge in [-0.3, -0.25) is 14.9 Å². The molecule has 0 unspecified atom stereocenters. The minimum atomic E-state index is -3.82. The molecule has 2 aromatic rings. The number of anilines is 1. The van der Waals surface area contributed by atoms with Crippen molar-refractivity contribution < 1.29 is 27.5 Å². The average molecular weight is 460 g/mol. The minimum absolute atomic E-state index is 0.00881. The van der Waals surface area contributed by atoms with E-state index in [0.717, 1.165) is 22.8 Å². The van der Waals surface area contributed by atoms with E-state index in [9.17, 15) is 22.8 Å². The van der Waals surface area contributed by atoms with Crippen LogP contribution in [0, 0.1) is 0 Å². The quantitative estimate of drug-likeness (QED) is 0.709. The number of hydrogen-bond donors (Lipinski definition) is 2. The van der Waals surface area contributed by atoms with E-state index in [1.54, 1.807) is 29.7 Å². The maximum Gasteiger partial charge on any atom is 0.413 e. The summed E-state index contributed by atoms with van der Waals surface area (Å²) >= 11 is 1.10. The third kappa shape index (κ3) is 5.08. The van der Waals surface area contributed by atoms with Crippen LogP contribution in [0.25, 0.3) is 0 Å².